The van der Waals surface area contributed by atoms with Crippen molar-refractivity contribution in [1.29, 1.82) is 21.2 Å². The molecule has 6 nitrogen and oxygen atoms in total. The van der Waals surface area contributed by atoms with Gasteiger partial charge in [0.05, 0.1) is 35.3 Å². The lowest BCUT2D eigenvalue weighted by atomic mass is 9.53. The number of nitriles is 3. The van der Waals surface area contributed by atoms with Gasteiger partial charge in [0.15, 0.2) is 5.41 Å². The van der Waals surface area contributed by atoms with Gasteiger partial charge in [0, 0.05) is 17.2 Å². The zero-order chi connectivity index (χ0) is 21.5. The van der Waals surface area contributed by atoms with E-state index >= 15 is 0 Å². The maximum absolute atomic E-state index is 10.2. The van der Waals surface area contributed by atoms with E-state index in [2.05, 4.69) is 24.3 Å². The van der Waals surface area contributed by atoms with Crippen LogP contribution >= 0.6 is 0 Å². The highest BCUT2D eigenvalue weighted by Crippen LogP contribution is 2.56. The summed E-state index contributed by atoms with van der Waals surface area (Å²) in [6.45, 7) is 3.85. The molecule has 0 radical (unpaired) electrons. The maximum Gasteiger partial charge on any atom is 0.189 e. The molecule has 2 aliphatic carbocycles. The second-order valence-corrected chi connectivity index (χ2v) is 8.06. The van der Waals surface area contributed by atoms with Gasteiger partial charge in [-0.1, -0.05) is 24.3 Å². The largest absolute Gasteiger partial charge is 0.305 e. The molecule has 4 rings (SSSR count). The number of nitrogens with one attached hydrogen (secondary N) is 1. The molecule has 1 N–H and O–H groups in total. The predicted molar refractivity (Wildman–Crippen MR) is 112 cm³/mol. The van der Waals surface area contributed by atoms with E-state index in [1.807, 2.05) is 48.9 Å². The van der Waals surface area contributed by atoms with Crippen LogP contribution in [-0.2, 0) is 0 Å². The Morgan fingerprint density at radius 1 is 1.13 bits per heavy atom. The van der Waals surface area contributed by atoms with Gasteiger partial charge in [-0.15, -0.1) is 0 Å². The standard InChI is InChI=1S/C24H22N6/c1-15-21(16(2)30(29-15)17-8-4-3-5-9-17)22-19-11-7-6-10-18(19)20(12-25)23(28)24(22,13-26)14-27/h3-5,8-10,19-20,22,28H,6-7,11H2,1-2H3/t19-,20+,22+/m0/s1. The molecule has 0 aliphatic heterocycles. The van der Waals surface area contributed by atoms with Crippen LogP contribution in [0, 0.1) is 70.5 Å². The molecular weight excluding hydrogens is 372 g/mol. The third-order valence-corrected chi connectivity index (χ3v) is 6.58. The number of hydrogen-bond acceptors (Lipinski definition) is 5. The highest BCUT2D eigenvalue weighted by Gasteiger charge is 2.58. The molecule has 30 heavy (non-hydrogen) atoms. The number of aromatic nitrogens is 2. The van der Waals surface area contributed by atoms with E-state index in [1.54, 1.807) is 0 Å². The quantitative estimate of drug-likeness (QED) is 0.755. The van der Waals surface area contributed by atoms with Crippen LogP contribution in [0.5, 0.6) is 0 Å². The Balaban J connectivity index is 1.98. The van der Waals surface area contributed by atoms with E-state index in [4.69, 9.17) is 10.5 Å². The Kier molecular flexibility index (Phi) is 4.76. The van der Waals surface area contributed by atoms with Crippen LogP contribution in [0.2, 0.25) is 0 Å². The van der Waals surface area contributed by atoms with Crippen LogP contribution < -0.4 is 0 Å². The van der Waals surface area contributed by atoms with E-state index in [0.29, 0.717) is 0 Å². The van der Waals surface area contributed by atoms with Crippen molar-refractivity contribution >= 4 is 5.71 Å². The minimum atomic E-state index is -1.68. The third kappa shape index (κ3) is 2.60. The van der Waals surface area contributed by atoms with Crippen molar-refractivity contribution in [2.24, 2.45) is 17.3 Å². The van der Waals surface area contributed by atoms with Crippen molar-refractivity contribution in [2.75, 3.05) is 0 Å². The summed E-state index contributed by atoms with van der Waals surface area (Å²) in [5.41, 5.74) is 2.49. The molecule has 2 aromatic rings. The van der Waals surface area contributed by atoms with Gasteiger partial charge in [-0.05, 0) is 56.7 Å². The van der Waals surface area contributed by atoms with Crippen LogP contribution in [0.25, 0.3) is 5.69 Å². The van der Waals surface area contributed by atoms with Gasteiger partial charge < -0.3 is 5.41 Å². The number of fused-ring (bicyclic) bond motifs is 1. The van der Waals surface area contributed by atoms with E-state index in [1.165, 1.54) is 0 Å². The molecule has 2 aliphatic rings. The zero-order valence-corrected chi connectivity index (χ0v) is 17.1. The number of benzene rings is 1. The first-order valence-electron chi connectivity index (χ1n) is 10.1. The summed E-state index contributed by atoms with van der Waals surface area (Å²) in [5.74, 6) is -1.45. The highest BCUT2D eigenvalue weighted by atomic mass is 15.3. The summed E-state index contributed by atoms with van der Waals surface area (Å²) >= 11 is 0. The number of allylic oxidation sites excluding steroid dienone is 2. The van der Waals surface area contributed by atoms with Crippen molar-refractivity contribution in [3.05, 3.63) is 58.9 Å². The number of para-hydroxylation sites is 1. The van der Waals surface area contributed by atoms with Crippen LogP contribution in [0.1, 0.15) is 42.1 Å². The molecule has 6 heteroatoms. The molecule has 3 atom stereocenters. The molecule has 148 valence electrons. The topological polar surface area (TPSA) is 113 Å². The molecule has 0 spiro atoms. The first kappa shape index (κ1) is 19.6. The highest BCUT2D eigenvalue weighted by molar-refractivity contribution is 6.00. The molecule has 0 bridgehead atoms. The van der Waals surface area contributed by atoms with E-state index < -0.39 is 17.3 Å². The molecule has 1 heterocycles. The van der Waals surface area contributed by atoms with Gasteiger partial charge >= 0.3 is 0 Å². The Bertz CT molecular complexity index is 1150. The smallest absolute Gasteiger partial charge is 0.189 e. The van der Waals surface area contributed by atoms with Gasteiger partial charge in [0.1, 0.15) is 5.92 Å². The predicted octanol–water partition coefficient (Wildman–Crippen LogP) is 4.51. The molecular formula is C24H22N6. The Morgan fingerprint density at radius 2 is 1.83 bits per heavy atom. The lowest BCUT2D eigenvalue weighted by molar-refractivity contribution is 0.318. The molecule has 1 saturated carbocycles. The minimum Gasteiger partial charge on any atom is -0.305 e. The SMILES string of the molecule is Cc1nn(-c2ccccc2)c(C)c1[C@H]1[C@H]2CCCC=C2[C@@H](C#N)C(=N)C1(C#N)C#N. The average molecular weight is 394 g/mol. The molecule has 1 aromatic carbocycles. The number of aryl methyl sites for hydroxylation is 1. The fraction of sp³-hybridized carbons (Fsp3) is 0.375. The average Bonchev–Trinajstić information content (AvgIpc) is 3.07. The fourth-order valence-electron chi connectivity index (χ4n) is 5.25. The van der Waals surface area contributed by atoms with Gasteiger partial charge in [-0.3, -0.25) is 0 Å². The lowest BCUT2D eigenvalue weighted by Crippen LogP contribution is -2.49. The second-order valence-electron chi connectivity index (χ2n) is 8.06. The number of nitrogens with zero attached hydrogens (tertiary/aromatic N) is 5. The van der Waals surface area contributed by atoms with E-state index in [0.717, 1.165) is 47.5 Å². The van der Waals surface area contributed by atoms with Crippen LogP contribution in [0.15, 0.2) is 42.0 Å². The summed E-state index contributed by atoms with van der Waals surface area (Å²) in [5, 5.41) is 43.6. The third-order valence-electron chi connectivity index (χ3n) is 6.58. The minimum absolute atomic E-state index is 0.101. The van der Waals surface area contributed by atoms with Crippen molar-refractivity contribution < 1.29 is 0 Å². The summed E-state index contributed by atoms with van der Waals surface area (Å²) in [7, 11) is 0. The van der Waals surface area contributed by atoms with Crippen LogP contribution in [0.3, 0.4) is 0 Å². The first-order chi connectivity index (χ1) is 14.5. The normalized spacial score (nSPS) is 24.7. The molecule has 1 fully saturated rings. The summed E-state index contributed by atoms with van der Waals surface area (Å²) in [6.07, 6.45) is 4.64. The maximum atomic E-state index is 10.2. The van der Waals surface area contributed by atoms with Gasteiger partial charge in [0.25, 0.3) is 0 Å². The fourth-order valence-corrected chi connectivity index (χ4v) is 5.25. The molecule has 0 saturated heterocycles. The lowest BCUT2D eigenvalue weighted by Gasteiger charge is -2.45. The Morgan fingerprint density at radius 3 is 2.47 bits per heavy atom. The van der Waals surface area contributed by atoms with Crippen molar-refractivity contribution in [3.63, 3.8) is 0 Å². The van der Waals surface area contributed by atoms with Gasteiger partial charge in [-0.2, -0.15) is 20.9 Å². The number of hydrogen-bond donors (Lipinski definition) is 1. The first-order valence-corrected chi connectivity index (χ1v) is 10.1. The Labute approximate surface area is 176 Å². The monoisotopic (exact) mass is 394 g/mol. The van der Waals surface area contributed by atoms with Crippen molar-refractivity contribution in [1.82, 2.24) is 9.78 Å². The Hall–Kier alpha value is -3.69. The summed E-state index contributed by atoms with van der Waals surface area (Å²) < 4.78 is 1.84. The van der Waals surface area contributed by atoms with Gasteiger partial charge in [0.2, 0.25) is 0 Å². The van der Waals surface area contributed by atoms with Crippen molar-refractivity contribution in [2.45, 2.75) is 39.0 Å². The van der Waals surface area contributed by atoms with Crippen LogP contribution in [0.4, 0.5) is 0 Å². The van der Waals surface area contributed by atoms with E-state index in [9.17, 15) is 15.8 Å². The van der Waals surface area contributed by atoms with E-state index in [-0.39, 0.29) is 11.6 Å². The van der Waals surface area contributed by atoms with Gasteiger partial charge in [-0.25, -0.2) is 4.68 Å². The summed E-state index contributed by atoms with van der Waals surface area (Å²) in [4.78, 5) is 0. The summed E-state index contributed by atoms with van der Waals surface area (Å²) in [6, 6.07) is 16.3. The van der Waals surface area contributed by atoms with Crippen molar-refractivity contribution in [3.8, 4) is 23.9 Å². The second kappa shape index (κ2) is 7.29. The molecule has 1 aromatic heterocycles. The molecule has 0 amide bonds. The number of rotatable bonds is 2. The zero-order valence-electron chi connectivity index (χ0n) is 17.1. The van der Waals surface area contributed by atoms with Crippen LogP contribution in [-0.4, -0.2) is 15.5 Å². The molecule has 0 unspecified atom stereocenters.